The zero-order chi connectivity index (χ0) is 20.1. The Balaban J connectivity index is 1.89. The van der Waals surface area contributed by atoms with E-state index < -0.39 is 22.8 Å². The van der Waals surface area contributed by atoms with Crippen molar-refractivity contribution in [2.45, 2.75) is 12.7 Å². The third-order valence-electron chi connectivity index (χ3n) is 4.08. The quantitative estimate of drug-likeness (QED) is 0.473. The van der Waals surface area contributed by atoms with Gasteiger partial charge < -0.3 is 14.6 Å². The van der Waals surface area contributed by atoms with Gasteiger partial charge in [0.2, 0.25) is 5.95 Å². The molecule has 0 aliphatic heterocycles. The first-order valence-corrected chi connectivity index (χ1v) is 10.3. The van der Waals surface area contributed by atoms with Crippen molar-refractivity contribution in [1.82, 2.24) is 9.97 Å². The molecule has 0 amide bonds. The fourth-order valence-electron chi connectivity index (χ4n) is 2.68. The molecule has 8 heteroatoms. The maximum atomic E-state index is 14.3. The van der Waals surface area contributed by atoms with E-state index in [2.05, 4.69) is 15.3 Å². The first kappa shape index (κ1) is 20.0. The molecule has 28 heavy (non-hydrogen) atoms. The lowest BCUT2D eigenvalue weighted by atomic mass is 10.1. The number of anilines is 2. The van der Waals surface area contributed by atoms with E-state index in [0.717, 1.165) is 23.2 Å². The molecule has 5 nitrogen and oxygen atoms in total. The molecule has 3 aromatic rings. The SMILES string of the molecule is CC[SH](O)Cc1cccc(Nc2ncc(F)c(-c3ccc(F)cc3OC)n2)c1. The lowest BCUT2D eigenvalue weighted by Crippen LogP contribution is -2.02. The highest BCUT2D eigenvalue weighted by molar-refractivity contribution is 8.11. The second-order valence-electron chi connectivity index (χ2n) is 6.04. The summed E-state index contributed by atoms with van der Waals surface area (Å²) in [5, 5.41) is 3.04. The summed E-state index contributed by atoms with van der Waals surface area (Å²) in [7, 11) is 1.38. The highest BCUT2D eigenvalue weighted by Gasteiger charge is 2.15. The van der Waals surface area contributed by atoms with Crippen LogP contribution >= 0.6 is 11.2 Å². The summed E-state index contributed by atoms with van der Waals surface area (Å²) in [4.78, 5) is 8.22. The molecule has 0 aliphatic rings. The molecule has 0 saturated carbocycles. The van der Waals surface area contributed by atoms with Gasteiger partial charge in [-0.05, 0) is 35.6 Å². The van der Waals surface area contributed by atoms with E-state index in [0.29, 0.717) is 11.3 Å². The number of hydrogen-bond donors (Lipinski definition) is 3. The topological polar surface area (TPSA) is 67.3 Å². The van der Waals surface area contributed by atoms with Crippen LogP contribution < -0.4 is 10.1 Å². The second kappa shape index (κ2) is 8.99. The van der Waals surface area contributed by atoms with Gasteiger partial charge in [-0.2, -0.15) is 0 Å². The molecule has 1 aromatic heterocycles. The van der Waals surface area contributed by atoms with Crippen molar-refractivity contribution in [3.05, 3.63) is 65.9 Å². The van der Waals surface area contributed by atoms with Gasteiger partial charge >= 0.3 is 0 Å². The van der Waals surface area contributed by atoms with Crippen LogP contribution in [0.4, 0.5) is 20.4 Å². The Morgan fingerprint density at radius 1 is 1.18 bits per heavy atom. The maximum Gasteiger partial charge on any atom is 0.227 e. The summed E-state index contributed by atoms with van der Waals surface area (Å²) in [6, 6.07) is 11.3. The number of nitrogens with one attached hydrogen (secondary N) is 1. The second-order valence-corrected chi connectivity index (χ2v) is 8.00. The van der Waals surface area contributed by atoms with E-state index in [1.165, 1.54) is 25.3 Å². The average Bonchev–Trinajstić information content (AvgIpc) is 2.69. The van der Waals surface area contributed by atoms with Gasteiger partial charge in [-0.15, -0.1) is 11.2 Å². The van der Waals surface area contributed by atoms with E-state index in [1.807, 2.05) is 31.2 Å². The summed E-state index contributed by atoms with van der Waals surface area (Å²) in [5.41, 5.74) is 2.05. The zero-order valence-electron chi connectivity index (χ0n) is 15.5. The predicted octanol–water partition coefficient (Wildman–Crippen LogP) is 5.17. The minimum absolute atomic E-state index is 0.00960. The molecule has 1 atom stereocenters. The van der Waals surface area contributed by atoms with Crippen LogP contribution in [-0.4, -0.2) is 27.4 Å². The molecular formula is C20H21F2N3O2S. The van der Waals surface area contributed by atoms with Crippen LogP contribution in [0, 0.1) is 11.6 Å². The monoisotopic (exact) mass is 405 g/mol. The van der Waals surface area contributed by atoms with Crippen LogP contribution in [-0.2, 0) is 5.75 Å². The normalized spacial score (nSPS) is 12.5. The molecule has 0 spiro atoms. The van der Waals surface area contributed by atoms with Crippen molar-refractivity contribution in [3.8, 4) is 17.0 Å². The highest BCUT2D eigenvalue weighted by Crippen LogP contribution is 2.32. The smallest absolute Gasteiger partial charge is 0.227 e. The Morgan fingerprint density at radius 2 is 2.00 bits per heavy atom. The Labute approximate surface area is 165 Å². The Kier molecular flexibility index (Phi) is 6.43. The zero-order valence-corrected chi connectivity index (χ0v) is 16.4. The molecule has 1 unspecified atom stereocenters. The van der Waals surface area contributed by atoms with Gasteiger partial charge in [0.05, 0.1) is 13.3 Å². The molecule has 0 aliphatic carbocycles. The molecule has 0 bridgehead atoms. The third kappa shape index (κ3) is 4.76. The number of benzene rings is 2. The van der Waals surface area contributed by atoms with Crippen LogP contribution in [0.3, 0.4) is 0 Å². The molecule has 0 saturated heterocycles. The van der Waals surface area contributed by atoms with Crippen molar-refractivity contribution < 1.29 is 18.1 Å². The first-order chi connectivity index (χ1) is 13.5. The highest BCUT2D eigenvalue weighted by atomic mass is 32.2. The lowest BCUT2D eigenvalue weighted by molar-refractivity contribution is 0.412. The van der Waals surface area contributed by atoms with Crippen molar-refractivity contribution in [2.75, 3.05) is 18.2 Å². The van der Waals surface area contributed by atoms with E-state index in [1.54, 1.807) is 0 Å². The van der Waals surface area contributed by atoms with E-state index in [9.17, 15) is 13.3 Å². The van der Waals surface area contributed by atoms with Gasteiger partial charge in [0.25, 0.3) is 0 Å². The summed E-state index contributed by atoms with van der Waals surface area (Å²) in [6.45, 7) is 1.95. The van der Waals surface area contributed by atoms with Crippen molar-refractivity contribution >= 4 is 22.8 Å². The minimum atomic E-state index is -1.03. The first-order valence-electron chi connectivity index (χ1n) is 8.66. The lowest BCUT2D eigenvalue weighted by Gasteiger charge is -2.13. The number of methoxy groups -OCH3 is 1. The van der Waals surface area contributed by atoms with Crippen LogP contribution in [0.25, 0.3) is 11.3 Å². The van der Waals surface area contributed by atoms with E-state index in [4.69, 9.17) is 4.74 Å². The molecule has 0 fully saturated rings. The molecule has 1 heterocycles. The van der Waals surface area contributed by atoms with Gasteiger partial charge in [-0.1, -0.05) is 19.1 Å². The molecule has 148 valence electrons. The molecule has 2 aromatic carbocycles. The number of halogens is 2. The van der Waals surface area contributed by atoms with E-state index >= 15 is 0 Å². The van der Waals surface area contributed by atoms with Crippen LogP contribution in [0.1, 0.15) is 12.5 Å². The van der Waals surface area contributed by atoms with Gasteiger partial charge in [0, 0.05) is 23.1 Å². The number of hydrogen-bond acceptors (Lipinski definition) is 5. The number of nitrogens with zero attached hydrogens (tertiary/aromatic N) is 2. The molecular weight excluding hydrogens is 384 g/mol. The Hall–Kier alpha value is -2.71. The summed E-state index contributed by atoms with van der Waals surface area (Å²) in [5.74, 6) is 0.586. The largest absolute Gasteiger partial charge is 0.496 e. The van der Waals surface area contributed by atoms with Gasteiger partial charge in [-0.25, -0.2) is 18.7 Å². The van der Waals surface area contributed by atoms with Crippen molar-refractivity contribution in [2.24, 2.45) is 0 Å². The fourth-order valence-corrected chi connectivity index (χ4v) is 3.52. The Bertz CT molecular complexity index is 972. The maximum absolute atomic E-state index is 14.3. The summed E-state index contributed by atoms with van der Waals surface area (Å²) < 4.78 is 42.8. The summed E-state index contributed by atoms with van der Waals surface area (Å²) >= 11 is -1.03. The van der Waals surface area contributed by atoms with Crippen molar-refractivity contribution in [3.63, 3.8) is 0 Å². The average molecular weight is 405 g/mol. The van der Waals surface area contributed by atoms with Crippen LogP contribution in [0.5, 0.6) is 5.75 Å². The van der Waals surface area contributed by atoms with E-state index in [-0.39, 0.29) is 17.4 Å². The van der Waals surface area contributed by atoms with Crippen LogP contribution in [0.15, 0.2) is 48.7 Å². The van der Waals surface area contributed by atoms with Crippen LogP contribution in [0.2, 0.25) is 0 Å². The van der Waals surface area contributed by atoms with Gasteiger partial charge in [0.1, 0.15) is 17.3 Å². The van der Waals surface area contributed by atoms with Crippen molar-refractivity contribution in [1.29, 1.82) is 0 Å². The summed E-state index contributed by atoms with van der Waals surface area (Å²) in [6.07, 6.45) is 1.06. The third-order valence-corrected chi connectivity index (χ3v) is 5.54. The number of rotatable bonds is 7. The number of thiol groups is 1. The molecule has 3 rings (SSSR count). The van der Waals surface area contributed by atoms with Gasteiger partial charge in [0.15, 0.2) is 5.82 Å². The standard InChI is InChI=1S/C20H21F2N3O2S/c1-3-28(26)12-13-5-4-6-15(9-13)24-20-23-11-17(22)19(25-20)16-8-7-14(21)10-18(16)27-2/h4-11,26,28H,3,12H2,1-2H3,(H,23,24,25). The number of ether oxygens (including phenoxy) is 1. The van der Waals surface area contributed by atoms with Gasteiger partial charge in [-0.3, -0.25) is 0 Å². The minimum Gasteiger partial charge on any atom is -0.496 e. The predicted molar refractivity (Wildman–Crippen MR) is 110 cm³/mol. The number of aromatic nitrogens is 2. The fraction of sp³-hybridized carbons (Fsp3) is 0.200. The molecule has 2 N–H and O–H groups in total. The Morgan fingerprint density at radius 3 is 2.75 bits per heavy atom. The molecule has 0 radical (unpaired) electrons.